The summed E-state index contributed by atoms with van der Waals surface area (Å²) in [6.45, 7) is 4.69. The number of rotatable bonds is 9. The van der Waals surface area contributed by atoms with Gasteiger partial charge >= 0.3 is 18.5 Å². The van der Waals surface area contributed by atoms with Crippen LogP contribution in [0.2, 0.25) is 10.0 Å². The van der Waals surface area contributed by atoms with E-state index in [-0.39, 0.29) is 33.5 Å². The van der Waals surface area contributed by atoms with Crippen molar-refractivity contribution in [2.24, 2.45) is 0 Å². The van der Waals surface area contributed by atoms with Crippen molar-refractivity contribution >= 4 is 52.8 Å². The third-order valence-corrected chi connectivity index (χ3v) is 7.08. The van der Waals surface area contributed by atoms with Crippen LogP contribution in [0, 0.1) is 0 Å². The van der Waals surface area contributed by atoms with Crippen LogP contribution >= 0.6 is 35.0 Å². The second kappa shape index (κ2) is 13.1. The zero-order valence-electron chi connectivity index (χ0n) is 20.2. The fraction of sp³-hybridized carbons (Fsp3) is 0.320. The summed E-state index contributed by atoms with van der Waals surface area (Å²) in [5.41, 5.74) is -4.04. The molecule has 1 amide bonds. The summed E-state index contributed by atoms with van der Waals surface area (Å²) in [5, 5.41) is 1.68. The number of allylic oxidation sites excluding steroid dienone is 1. The minimum atomic E-state index is -5.23. The van der Waals surface area contributed by atoms with Crippen molar-refractivity contribution in [3.63, 3.8) is 0 Å². The van der Waals surface area contributed by atoms with Crippen LogP contribution in [0.1, 0.15) is 45.5 Å². The van der Waals surface area contributed by atoms with Crippen LogP contribution in [-0.2, 0) is 6.18 Å². The molecule has 40 heavy (non-hydrogen) atoms. The van der Waals surface area contributed by atoms with Crippen LogP contribution in [0.15, 0.2) is 43.0 Å². The van der Waals surface area contributed by atoms with Gasteiger partial charge in [0.15, 0.2) is 0 Å². The van der Waals surface area contributed by atoms with Crippen LogP contribution in [-0.4, -0.2) is 35.8 Å². The van der Waals surface area contributed by atoms with Gasteiger partial charge in [-0.3, -0.25) is 4.79 Å². The van der Waals surface area contributed by atoms with Gasteiger partial charge in [-0.25, -0.2) is 4.39 Å². The highest BCUT2D eigenvalue weighted by Crippen LogP contribution is 2.42. The fourth-order valence-corrected chi connectivity index (χ4v) is 4.87. The molecule has 0 bridgehead atoms. The average molecular weight is 642 g/mol. The van der Waals surface area contributed by atoms with Crippen LogP contribution in [0.5, 0.6) is 0 Å². The summed E-state index contributed by atoms with van der Waals surface area (Å²) in [5.74, 6) is -7.17. The van der Waals surface area contributed by atoms with Crippen molar-refractivity contribution in [1.82, 2.24) is 5.32 Å². The number of thioether (sulfide) groups is 1. The maximum Gasteiger partial charge on any atom is 0.417 e. The lowest BCUT2D eigenvalue weighted by atomic mass is 9.94. The van der Waals surface area contributed by atoms with Gasteiger partial charge in [-0.15, -0.1) is 0 Å². The first kappa shape index (κ1) is 33.8. The average Bonchev–Trinajstić information content (AvgIpc) is 2.79. The topological polar surface area (TPSA) is 29.1 Å². The summed E-state index contributed by atoms with van der Waals surface area (Å²) in [4.78, 5) is 12.4. The standard InChI is InChI=1S/C25H19Cl2F10NOS/c1-3-15-19(26)7-14(8-20(15)27)17(24(32,33)34)9-21(28)13-4-5-16(18(6-13)25(35,36)37)22(39)38-12(2)10-40-11-23(29,30)31/h3-9,12,17H,1,10-11H2,2H3,(H,38,39)/b21-9-/t12-,17?/m1/s1. The van der Waals surface area contributed by atoms with Crippen molar-refractivity contribution < 1.29 is 48.7 Å². The normalized spacial score (nSPS) is 14.6. The van der Waals surface area contributed by atoms with Crippen LogP contribution in [0.25, 0.3) is 11.9 Å². The van der Waals surface area contributed by atoms with Gasteiger partial charge in [0.25, 0.3) is 5.91 Å². The lowest BCUT2D eigenvalue weighted by Gasteiger charge is -2.20. The number of hydrogen-bond acceptors (Lipinski definition) is 2. The zero-order valence-corrected chi connectivity index (χ0v) is 22.5. The van der Waals surface area contributed by atoms with Gasteiger partial charge < -0.3 is 5.32 Å². The maximum atomic E-state index is 15.0. The minimum Gasteiger partial charge on any atom is -0.349 e. The predicted octanol–water partition coefficient (Wildman–Crippen LogP) is 9.73. The molecular weight excluding hydrogens is 623 g/mol. The molecule has 0 aromatic heterocycles. The number of alkyl halides is 9. The van der Waals surface area contributed by atoms with Crippen molar-refractivity contribution in [3.05, 3.63) is 80.8 Å². The van der Waals surface area contributed by atoms with Gasteiger partial charge in [0.1, 0.15) is 11.7 Å². The lowest BCUT2D eigenvalue weighted by Crippen LogP contribution is -2.35. The maximum absolute atomic E-state index is 15.0. The first-order valence-electron chi connectivity index (χ1n) is 11.0. The summed E-state index contributed by atoms with van der Waals surface area (Å²) in [6.07, 6.45) is -13.6. The minimum absolute atomic E-state index is 0.0464. The van der Waals surface area contributed by atoms with E-state index in [1.807, 2.05) is 0 Å². The highest BCUT2D eigenvalue weighted by Gasteiger charge is 2.41. The largest absolute Gasteiger partial charge is 0.417 e. The second-order valence-corrected chi connectivity index (χ2v) is 10.2. The number of nitrogens with one attached hydrogen (secondary N) is 1. The molecule has 0 heterocycles. The molecule has 0 radical (unpaired) electrons. The number of carbonyl (C=O) groups excluding carboxylic acids is 1. The number of benzene rings is 2. The van der Waals surface area contributed by atoms with Crippen molar-refractivity contribution in [2.45, 2.75) is 37.4 Å². The second-order valence-electron chi connectivity index (χ2n) is 8.40. The monoisotopic (exact) mass is 641 g/mol. The Bertz CT molecular complexity index is 1250. The molecule has 2 rings (SSSR count). The molecule has 0 fully saturated rings. The van der Waals surface area contributed by atoms with E-state index in [0.717, 1.165) is 12.1 Å². The summed E-state index contributed by atoms with van der Waals surface area (Å²) >= 11 is 12.3. The van der Waals surface area contributed by atoms with Gasteiger partial charge in [-0.05, 0) is 42.8 Å². The first-order valence-corrected chi connectivity index (χ1v) is 12.9. The highest BCUT2D eigenvalue weighted by molar-refractivity contribution is 7.99. The molecule has 0 aliphatic heterocycles. The van der Waals surface area contributed by atoms with E-state index in [4.69, 9.17) is 23.2 Å². The van der Waals surface area contributed by atoms with Gasteiger partial charge in [-0.1, -0.05) is 41.9 Å². The van der Waals surface area contributed by atoms with Gasteiger partial charge in [0, 0.05) is 33.0 Å². The molecule has 2 atom stereocenters. The quantitative estimate of drug-likeness (QED) is 0.276. The molecule has 2 aromatic rings. The molecule has 1 N–H and O–H groups in total. The Morgan fingerprint density at radius 1 is 1.02 bits per heavy atom. The van der Waals surface area contributed by atoms with Crippen molar-refractivity contribution in [2.75, 3.05) is 11.5 Å². The van der Waals surface area contributed by atoms with E-state index < -0.39 is 70.2 Å². The Balaban J connectivity index is 2.44. The predicted molar refractivity (Wildman–Crippen MR) is 136 cm³/mol. The van der Waals surface area contributed by atoms with Crippen LogP contribution < -0.4 is 5.32 Å². The molecule has 0 saturated carbocycles. The van der Waals surface area contributed by atoms with Gasteiger partial charge in [-0.2, -0.15) is 51.3 Å². The van der Waals surface area contributed by atoms with Crippen molar-refractivity contribution in [3.8, 4) is 0 Å². The Kier molecular flexibility index (Phi) is 11.1. The number of halogens is 12. The summed E-state index contributed by atoms with van der Waals surface area (Å²) < 4.78 is 135. The van der Waals surface area contributed by atoms with E-state index in [9.17, 15) is 44.3 Å². The highest BCUT2D eigenvalue weighted by atomic mass is 35.5. The lowest BCUT2D eigenvalue weighted by molar-refractivity contribution is -0.140. The molecule has 1 unspecified atom stereocenters. The number of hydrogen-bond donors (Lipinski definition) is 1. The molecule has 2 nitrogen and oxygen atoms in total. The Morgan fingerprint density at radius 2 is 1.60 bits per heavy atom. The Morgan fingerprint density at radius 3 is 2.08 bits per heavy atom. The van der Waals surface area contributed by atoms with Crippen LogP contribution in [0.4, 0.5) is 43.9 Å². The molecule has 0 saturated heterocycles. The SMILES string of the molecule is C=Cc1c(Cl)cc(C(/C=C(\F)c2ccc(C(=O)N[C@H](C)CSCC(F)(F)F)c(C(F)(F)F)c2)C(F)(F)F)cc1Cl. The van der Waals surface area contributed by atoms with Crippen molar-refractivity contribution in [1.29, 1.82) is 0 Å². The van der Waals surface area contributed by atoms with E-state index in [1.165, 1.54) is 13.0 Å². The fourth-order valence-electron chi connectivity index (χ4n) is 3.42. The molecular formula is C25H19Cl2F10NOS. The number of carbonyl (C=O) groups is 1. The molecule has 2 aromatic carbocycles. The molecule has 0 aliphatic carbocycles. The Hall–Kier alpha value is -2.38. The van der Waals surface area contributed by atoms with Gasteiger partial charge in [0.2, 0.25) is 0 Å². The molecule has 15 heteroatoms. The van der Waals surface area contributed by atoms with Crippen LogP contribution in [0.3, 0.4) is 0 Å². The van der Waals surface area contributed by atoms with E-state index in [1.54, 1.807) is 0 Å². The van der Waals surface area contributed by atoms with E-state index >= 15 is 4.39 Å². The molecule has 0 aliphatic rings. The van der Waals surface area contributed by atoms with E-state index in [2.05, 4.69) is 11.9 Å². The summed E-state index contributed by atoms with van der Waals surface area (Å²) in [6, 6.07) is 2.16. The zero-order chi connectivity index (χ0) is 30.6. The molecule has 0 spiro atoms. The Labute approximate surface area is 236 Å². The number of amides is 1. The smallest absolute Gasteiger partial charge is 0.349 e. The molecule has 220 valence electrons. The third kappa shape index (κ3) is 9.34. The summed E-state index contributed by atoms with van der Waals surface area (Å²) in [7, 11) is 0. The van der Waals surface area contributed by atoms with E-state index in [0.29, 0.717) is 23.9 Å². The first-order chi connectivity index (χ1) is 18.2. The third-order valence-electron chi connectivity index (χ3n) is 5.19. The van der Waals surface area contributed by atoms with Gasteiger partial charge in [0.05, 0.1) is 16.9 Å².